The van der Waals surface area contributed by atoms with Crippen molar-refractivity contribution in [1.82, 2.24) is 9.80 Å². The molecule has 1 aliphatic carbocycles. The summed E-state index contributed by atoms with van der Waals surface area (Å²) in [7, 11) is 0. The molecule has 2 aromatic carbocycles. The molecule has 1 N–H and O–H groups in total. The maximum absolute atomic E-state index is 13.5. The van der Waals surface area contributed by atoms with Gasteiger partial charge in [0.1, 0.15) is 6.10 Å². The van der Waals surface area contributed by atoms with Crippen LogP contribution in [0.1, 0.15) is 46.2 Å². The largest absolute Gasteiger partial charge is 0.386 e. The molecular weight excluding hydrogens is 396 g/mol. The summed E-state index contributed by atoms with van der Waals surface area (Å²) in [5.74, 6) is -0.367. The molecule has 2 unspecified atom stereocenters. The molecule has 4 rings (SSSR count). The van der Waals surface area contributed by atoms with Gasteiger partial charge in [0.2, 0.25) is 5.91 Å². The van der Waals surface area contributed by atoms with Crippen LogP contribution >= 0.6 is 11.6 Å². The van der Waals surface area contributed by atoms with Crippen LogP contribution in [-0.4, -0.2) is 53.5 Å². The first-order chi connectivity index (χ1) is 15.7. The summed E-state index contributed by atoms with van der Waals surface area (Å²) in [6, 6.07) is 14.0. The van der Waals surface area contributed by atoms with Crippen molar-refractivity contribution in [3.63, 3.8) is 0 Å². The van der Waals surface area contributed by atoms with Crippen LogP contribution in [0.2, 0.25) is 5.02 Å². The summed E-state index contributed by atoms with van der Waals surface area (Å²) >= 11 is 6.14. The maximum atomic E-state index is 13.5. The lowest BCUT2D eigenvalue weighted by Gasteiger charge is -2.35. The molecule has 0 saturated carbocycles. The van der Waals surface area contributed by atoms with E-state index in [1.54, 1.807) is 24.3 Å². The first kappa shape index (κ1) is 17.8. The smallest absolute Gasteiger partial charge is 0.223 e. The molecule has 1 fully saturated rings. The predicted octanol–water partition coefficient (Wildman–Crippen LogP) is 4.10. The van der Waals surface area contributed by atoms with Gasteiger partial charge in [-0.3, -0.25) is 4.79 Å². The van der Waals surface area contributed by atoms with E-state index in [9.17, 15) is 9.90 Å². The Morgan fingerprint density at radius 2 is 1.90 bits per heavy atom. The molecule has 2 aliphatic rings. The average Bonchev–Trinajstić information content (AvgIpc) is 3.40. The molecule has 30 heavy (non-hydrogen) atoms. The molecule has 2 atom stereocenters. The number of halogens is 1. The second-order valence-electron chi connectivity index (χ2n) is 8.59. The van der Waals surface area contributed by atoms with Crippen molar-refractivity contribution in [2.75, 3.05) is 26.6 Å². The van der Waals surface area contributed by atoms with Gasteiger partial charge in [0.25, 0.3) is 0 Å². The minimum Gasteiger partial charge on any atom is -0.386 e. The van der Waals surface area contributed by atoms with Crippen LogP contribution in [0, 0.1) is 5.92 Å². The molecule has 0 aromatic heterocycles. The van der Waals surface area contributed by atoms with Crippen molar-refractivity contribution < 1.29 is 14.0 Å². The Hall–Kier alpha value is -1.88. The highest BCUT2D eigenvalue weighted by Crippen LogP contribution is 2.30. The van der Waals surface area contributed by atoms with E-state index in [0.29, 0.717) is 17.1 Å². The van der Waals surface area contributed by atoms with Crippen molar-refractivity contribution in [3.8, 4) is 0 Å². The van der Waals surface area contributed by atoms with Crippen molar-refractivity contribution >= 4 is 17.5 Å². The molecule has 4 nitrogen and oxygen atoms in total. The summed E-state index contributed by atoms with van der Waals surface area (Å²) in [5, 5.41) is 11.8. The van der Waals surface area contributed by atoms with Gasteiger partial charge in [-0.2, -0.15) is 0 Å². The number of likely N-dealkylation sites (tertiary alicyclic amines) is 1. The Morgan fingerprint density at radius 3 is 2.53 bits per heavy atom. The Morgan fingerprint density at radius 1 is 1.20 bits per heavy atom. The van der Waals surface area contributed by atoms with Crippen molar-refractivity contribution in [3.05, 3.63) is 70.2 Å². The fourth-order valence-corrected chi connectivity index (χ4v) is 4.99. The lowest BCUT2D eigenvalue weighted by molar-refractivity contribution is -0.136. The number of benzene rings is 2. The van der Waals surface area contributed by atoms with Gasteiger partial charge < -0.3 is 14.9 Å². The van der Waals surface area contributed by atoms with Crippen LogP contribution < -0.4 is 0 Å². The number of likely N-dealkylation sites (N-methyl/N-ethyl adjacent to an activating group) is 1. The number of amides is 1. The first-order valence-electron chi connectivity index (χ1n) is 12.3. The zero-order valence-electron chi connectivity index (χ0n) is 20.1. The number of fused-ring (bicyclic) bond motifs is 1. The van der Waals surface area contributed by atoms with E-state index in [4.69, 9.17) is 15.7 Å². The topological polar surface area (TPSA) is 43.8 Å². The molecule has 1 amide bonds. The van der Waals surface area contributed by atoms with Gasteiger partial charge in [0.15, 0.2) is 0 Å². The van der Waals surface area contributed by atoms with E-state index in [-0.39, 0.29) is 12.3 Å². The molecule has 0 bridgehead atoms. The minimum atomic E-state index is -2.66. The zero-order chi connectivity index (χ0) is 23.6. The number of carbonyl (C=O) groups excluding carboxylic acids is 1. The maximum Gasteiger partial charge on any atom is 0.223 e. The Bertz CT molecular complexity index is 953. The summed E-state index contributed by atoms with van der Waals surface area (Å²) in [6.07, 6.45) is 2.58. The Labute approximate surface area is 188 Å². The highest BCUT2D eigenvalue weighted by Gasteiger charge is 2.33. The number of hydrogen-bond acceptors (Lipinski definition) is 3. The Kier molecular flexibility index (Phi) is 5.63. The van der Waals surface area contributed by atoms with Crippen molar-refractivity contribution in [1.29, 1.82) is 0 Å². The molecule has 1 saturated heterocycles. The number of carbonyl (C=O) groups is 1. The third-order valence-corrected chi connectivity index (χ3v) is 6.63. The van der Waals surface area contributed by atoms with E-state index >= 15 is 0 Å². The second kappa shape index (κ2) is 9.51. The normalized spacial score (nSPS) is 20.8. The standard InChI is InChI=1S/C25H31ClN2O2/c1-27(24(29)15-18-13-19-7-2-3-8-20(19)14-18)23(17-28-11-4-5-12-28)25(30)21-9-6-10-22(26)16-21/h2-3,6-10,16,18,23,25,30H,4-5,11-15,17H2,1H3/i1D3. The van der Waals surface area contributed by atoms with E-state index < -0.39 is 25.0 Å². The van der Waals surface area contributed by atoms with Crippen molar-refractivity contribution in [2.45, 2.75) is 44.2 Å². The van der Waals surface area contributed by atoms with Gasteiger partial charge in [-0.25, -0.2) is 0 Å². The molecule has 0 radical (unpaired) electrons. The molecule has 2 aromatic rings. The fourth-order valence-electron chi connectivity index (χ4n) is 4.79. The quantitative estimate of drug-likeness (QED) is 0.720. The van der Waals surface area contributed by atoms with Gasteiger partial charge in [0.05, 0.1) is 6.04 Å². The van der Waals surface area contributed by atoms with E-state index in [1.807, 2.05) is 12.1 Å². The third-order valence-electron chi connectivity index (χ3n) is 6.40. The summed E-state index contributed by atoms with van der Waals surface area (Å²) in [5.41, 5.74) is 2.97. The fraction of sp³-hybridized carbons (Fsp3) is 0.480. The van der Waals surface area contributed by atoms with Gasteiger partial charge in [-0.05, 0) is 73.5 Å². The van der Waals surface area contributed by atoms with Crippen LogP contribution in [0.4, 0.5) is 0 Å². The zero-order valence-corrected chi connectivity index (χ0v) is 17.9. The number of aliphatic hydroxyl groups is 1. The molecule has 1 heterocycles. The number of rotatable bonds is 7. The predicted molar refractivity (Wildman–Crippen MR) is 121 cm³/mol. The molecular formula is C25H31ClN2O2. The Balaban J connectivity index is 1.59. The van der Waals surface area contributed by atoms with E-state index in [1.165, 1.54) is 11.1 Å². The lowest BCUT2D eigenvalue weighted by Crippen LogP contribution is -2.48. The van der Waals surface area contributed by atoms with Crippen LogP contribution in [0.25, 0.3) is 0 Å². The van der Waals surface area contributed by atoms with E-state index in [0.717, 1.165) is 43.7 Å². The van der Waals surface area contributed by atoms with Gasteiger partial charge in [-0.1, -0.05) is 48.0 Å². The van der Waals surface area contributed by atoms with Gasteiger partial charge in [-0.15, -0.1) is 0 Å². The van der Waals surface area contributed by atoms with Gasteiger partial charge >= 0.3 is 0 Å². The van der Waals surface area contributed by atoms with Gasteiger partial charge in [0, 0.05) is 29.1 Å². The van der Waals surface area contributed by atoms with Crippen molar-refractivity contribution in [2.24, 2.45) is 5.92 Å². The molecule has 160 valence electrons. The SMILES string of the molecule is [2H]C([2H])([2H])N(C(=O)CC1Cc2ccccc2C1)C(CN1CCCC1)C(O)c1cccc(Cl)c1. The summed E-state index contributed by atoms with van der Waals surface area (Å²) in [6.45, 7) is -0.686. The highest BCUT2D eigenvalue weighted by atomic mass is 35.5. The number of hydrogen-bond donors (Lipinski definition) is 1. The summed E-state index contributed by atoms with van der Waals surface area (Å²) < 4.78 is 24.6. The van der Waals surface area contributed by atoms with Crippen LogP contribution in [-0.2, 0) is 17.6 Å². The second-order valence-corrected chi connectivity index (χ2v) is 9.02. The highest BCUT2D eigenvalue weighted by molar-refractivity contribution is 6.30. The average molecular weight is 430 g/mol. The van der Waals surface area contributed by atoms with Crippen LogP contribution in [0.3, 0.4) is 0 Å². The molecule has 0 spiro atoms. The monoisotopic (exact) mass is 429 g/mol. The number of nitrogens with zero attached hydrogens (tertiary/aromatic N) is 2. The first-order valence-corrected chi connectivity index (χ1v) is 11.1. The lowest BCUT2D eigenvalue weighted by atomic mass is 9.97. The van der Waals surface area contributed by atoms with Crippen LogP contribution in [0.5, 0.6) is 0 Å². The third kappa shape index (κ3) is 4.88. The molecule has 1 aliphatic heterocycles. The molecule has 5 heteroatoms. The minimum absolute atomic E-state index is 0.0653. The summed E-state index contributed by atoms with van der Waals surface area (Å²) in [4.78, 5) is 16.6. The van der Waals surface area contributed by atoms with Crippen LogP contribution in [0.15, 0.2) is 48.5 Å². The number of aliphatic hydroxyl groups excluding tert-OH is 1. The van der Waals surface area contributed by atoms with E-state index in [2.05, 4.69) is 17.0 Å².